The summed E-state index contributed by atoms with van der Waals surface area (Å²) < 4.78 is 0. The molecule has 3 aromatic rings. The number of anilines is 1. The highest BCUT2D eigenvalue weighted by Crippen LogP contribution is 2.24. The summed E-state index contributed by atoms with van der Waals surface area (Å²) in [5, 5.41) is 9.85. The zero-order valence-corrected chi connectivity index (χ0v) is 15.3. The van der Waals surface area contributed by atoms with E-state index in [9.17, 15) is 9.59 Å². The van der Waals surface area contributed by atoms with Crippen LogP contribution in [0.4, 0.5) is 5.69 Å². The minimum Gasteiger partial charge on any atom is -0.349 e. The summed E-state index contributed by atoms with van der Waals surface area (Å²) in [6.07, 6.45) is 0.210. The first-order chi connectivity index (χ1) is 12.6. The maximum absolute atomic E-state index is 12.3. The summed E-state index contributed by atoms with van der Waals surface area (Å²) in [6.45, 7) is 1.82. The van der Waals surface area contributed by atoms with Gasteiger partial charge in [-0.1, -0.05) is 30.3 Å². The molecule has 0 aliphatic rings. The molecule has 1 heterocycles. The Hall–Kier alpha value is -2.92. The van der Waals surface area contributed by atoms with Gasteiger partial charge in [0.1, 0.15) is 0 Å². The fraction of sp³-hybridized carbons (Fsp3) is 0.143. The van der Waals surface area contributed by atoms with Crippen LogP contribution in [0.15, 0.2) is 71.4 Å². The molecule has 0 aliphatic heterocycles. The van der Waals surface area contributed by atoms with Gasteiger partial charge in [-0.3, -0.25) is 9.59 Å². The van der Waals surface area contributed by atoms with Gasteiger partial charge < -0.3 is 10.6 Å². The number of hydrogen-bond donors (Lipinski definition) is 2. The molecule has 2 amide bonds. The molecule has 0 saturated heterocycles. The Balaban J connectivity index is 1.55. The Bertz CT molecular complexity index is 876. The third-order valence-corrected chi connectivity index (χ3v) is 4.59. The monoisotopic (exact) mass is 364 g/mol. The minimum absolute atomic E-state index is 0.131. The van der Waals surface area contributed by atoms with E-state index in [1.54, 1.807) is 23.5 Å². The van der Waals surface area contributed by atoms with Crippen molar-refractivity contribution in [3.8, 4) is 11.1 Å². The van der Waals surface area contributed by atoms with Crippen LogP contribution in [-0.4, -0.2) is 17.9 Å². The quantitative estimate of drug-likeness (QED) is 0.673. The van der Waals surface area contributed by atoms with Crippen LogP contribution in [0.1, 0.15) is 23.7 Å². The molecule has 0 fully saturated rings. The Morgan fingerprint density at radius 1 is 1.00 bits per heavy atom. The molecule has 2 N–H and O–H groups in total. The lowest BCUT2D eigenvalue weighted by atomic mass is 10.1. The van der Waals surface area contributed by atoms with Gasteiger partial charge in [0.05, 0.1) is 0 Å². The first-order valence-electron chi connectivity index (χ1n) is 8.40. The Morgan fingerprint density at radius 2 is 1.81 bits per heavy atom. The number of carbonyl (C=O) groups is 2. The third kappa shape index (κ3) is 4.80. The normalized spacial score (nSPS) is 11.6. The van der Waals surface area contributed by atoms with Crippen molar-refractivity contribution in [3.63, 3.8) is 0 Å². The SMILES string of the molecule is CC(CC(=O)Nc1cccc(-c2ccsc2)c1)NC(=O)c1ccccc1. The number of nitrogens with one attached hydrogen (secondary N) is 2. The van der Waals surface area contributed by atoms with E-state index in [0.29, 0.717) is 5.56 Å². The standard InChI is InChI=1S/C21H20N2O2S/c1-15(22-21(25)16-6-3-2-4-7-16)12-20(24)23-19-9-5-8-17(13-19)18-10-11-26-14-18/h2-11,13-15H,12H2,1H3,(H,22,25)(H,23,24). The second kappa shape index (κ2) is 8.45. The van der Waals surface area contributed by atoms with Crippen molar-refractivity contribution in [2.75, 3.05) is 5.32 Å². The molecule has 132 valence electrons. The Morgan fingerprint density at radius 3 is 2.54 bits per heavy atom. The van der Waals surface area contributed by atoms with Crippen LogP contribution in [0.3, 0.4) is 0 Å². The molecule has 5 heteroatoms. The molecular formula is C21H20N2O2S. The molecule has 0 radical (unpaired) electrons. The number of amides is 2. The van der Waals surface area contributed by atoms with Gasteiger partial charge in [0.15, 0.2) is 0 Å². The highest BCUT2D eigenvalue weighted by Gasteiger charge is 2.13. The number of thiophene rings is 1. The van der Waals surface area contributed by atoms with Crippen molar-refractivity contribution < 1.29 is 9.59 Å². The first-order valence-corrected chi connectivity index (χ1v) is 9.34. The summed E-state index contributed by atoms with van der Waals surface area (Å²) in [4.78, 5) is 24.4. The molecule has 1 atom stereocenters. The van der Waals surface area contributed by atoms with E-state index in [0.717, 1.165) is 16.8 Å². The molecule has 0 saturated carbocycles. The molecule has 26 heavy (non-hydrogen) atoms. The minimum atomic E-state index is -0.261. The van der Waals surface area contributed by atoms with Crippen LogP contribution in [-0.2, 0) is 4.79 Å². The van der Waals surface area contributed by atoms with E-state index in [-0.39, 0.29) is 24.3 Å². The summed E-state index contributed by atoms with van der Waals surface area (Å²) in [5.74, 6) is -0.307. The van der Waals surface area contributed by atoms with Crippen LogP contribution in [0.25, 0.3) is 11.1 Å². The zero-order valence-electron chi connectivity index (χ0n) is 14.4. The van der Waals surface area contributed by atoms with Gasteiger partial charge in [-0.15, -0.1) is 0 Å². The second-order valence-electron chi connectivity index (χ2n) is 6.09. The van der Waals surface area contributed by atoms with Gasteiger partial charge in [-0.05, 0) is 59.1 Å². The molecule has 2 aromatic carbocycles. The van der Waals surface area contributed by atoms with E-state index in [2.05, 4.69) is 16.0 Å². The fourth-order valence-electron chi connectivity index (χ4n) is 2.64. The van der Waals surface area contributed by atoms with Crippen LogP contribution in [0.5, 0.6) is 0 Å². The molecule has 0 bridgehead atoms. The van der Waals surface area contributed by atoms with Crippen LogP contribution < -0.4 is 10.6 Å². The maximum atomic E-state index is 12.3. The summed E-state index contributed by atoms with van der Waals surface area (Å²) in [5.41, 5.74) is 3.53. The largest absolute Gasteiger partial charge is 0.349 e. The molecule has 3 rings (SSSR count). The predicted octanol–water partition coefficient (Wildman–Crippen LogP) is 4.56. The third-order valence-electron chi connectivity index (χ3n) is 3.91. The summed E-state index contributed by atoms with van der Waals surface area (Å²) in [6, 6.07) is 18.5. The number of carbonyl (C=O) groups excluding carboxylic acids is 2. The molecular weight excluding hydrogens is 344 g/mol. The van der Waals surface area contributed by atoms with Gasteiger partial charge in [-0.25, -0.2) is 0 Å². The Kier molecular flexibility index (Phi) is 5.81. The van der Waals surface area contributed by atoms with Crippen molar-refractivity contribution in [2.24, 2.45) is 0 Å². The van der Waals surface area contributed by atoms with Crippen LogP contribution in [0, 0.1) is 0 Å². The van der Waals surface area contributed by atoms with Crippen molar-refractivity contribution >= 4 is 28.8 Å². The van der Waals surface area contributed by atoms with Crippen LogP contribution >= 0.6 is 11.3 Å². The van der Waals surface area contributed by atoms with Gasteiger partial charge in [-0.2, -0.15) is 11.3 Å². The highest BCUT2D eigenvalue weighted by atomic mass is 32.1. The van der Waals surface area contributed by atoms with Crippen molar-refractivity contribution in [2.45, 2.75) is 19.4 Å². The van der Waals surface area contributed by atoms with E-state index in [1.165, 1.54) is 0 Å². The molecule has 0 aliphatic carbocycles. The molecule has 0 spiro atoms. The van der Waals surface area contributed by atoms with Crippen molar-refractivity contribution in [3.05, 3.63) is 77.0 Å². The topological polar surface area (TPSA) is 58.2 Å². The van der Waals surface area contributed by atoms with E-state index >= 15 is 0 Å². The van der Waals surface area contributed by atoms with Crippen molar-refractivity contribution in [1.82, 2.24) is 5.32 Å². The maximum Gasteiger partial charge on any atom is 0.251 e. The lowest BCUT2D eigenvalue weighted by Gasteiger charge is -2.14. The fourth-order valence-corrected chi connectivity index (χ4v) is 3.31. The first kappa shape index (κ1) is 17.9. The van der Waals surface area contributed by atoms with Gasteiger partial charge in [0.25, 0.3) is 5.91 Å². The number of hydrogen-bond acceptors (Lipinski definition) is 3. The van der Waals surface area contributed by atoms with Gasteiger partial charge in [0, 0.05) is 23.7 Å². The van der Waals surface area contributed by atoms with Gasteiger partial charge in [0.2, 0.25) is 5.91 Å². The average molecular weight is 364 g/mol. The molecule has 4 nitrogen and oxygen atoms in total. The van der Waals surface area contributed by atoms with Gasteiger partial charge >= 0.3 is 0 Å². The highest BCUT2D eigenvalue weighted by molar-refractivity contribution is 7.08. The summed E-state index contributed by atoms with van der Waals surface area (Å²) >= 11 is 1.64. The average Bonchev–Trinajstić information content (AvgIpc) is 3.17. The van der Waals surface area contributed by atoms with E-state index in [1.807, 2.05) is 60.8 Å². The lowest BCUT2D eigenvalue weighted by Crippen LogP contribution is -2.35. The number of benzene rings is 2. The Labute approximate surface area is 156 Å². The second-order valence-corrected chi connectivity index (χ2v) is 6.87. The van der Waals surface area contributed by atoms with E-state index < -0.39 is 0 Å². The molecule has 1 unspecified atom stereocenters. The summed E-state index contributed by atoms with van der Waals surface area (Å²) in [7, 11) is 0. The van der Waals surface area contributed by atoms with Crippen LogP contribution in [0.2, 0.25) is 0 Å². The van der Waals surface area contributed by atoms with E-state index in [4.69, 9.17) is 0 Å². The predicted molar refractivity (Wildman–Crippen MR) is 106 cm³/mol. The smallest absolute Gasteiger partial charge is 0.251 e. The number of rotatable bonds is 6. The lowest BCUT2D eigenvalue weighted by molar-refractivity contribution is -0.116. The zero-order chi connectivity index (χ0) is 18.4. The van der Waals surface area contributed by atoms with Crippen molar-refractivity contribution in [1.29, 1.82) is 0 Å². The molecule has 1 aromatic heterocycles.